The second-order valence-corrected chi connectivity index (χ2v) is 3.09. The maximum absolute atomic E-state index is 11.7. The van der Waals surface area contributed by atoms with E-state index in [0.717, 1.165) is 12.1 Å². The molecule has 0 aromatic carbocycles. The molecule has 0 N–H and O–H groups in total. The number of carbonyl (C=O) groups excluding carboxylic acids is 1. The highest BCUT2D eigenvalue weighted by Gasteiger charge is 2.13. The van der Waals surface area contributed by atoms with Gasteiger partial charge < -0.3 is 9.47 Å². The third-order valence-electron chi connectivity index (χ3n) is 2.08. The van der Waals surface area contributed by atoms with Gasteiger partial charge in [-0.1, -0.05) is 6.92 Å². The Labute approximate surface area is 89.2 Å². The summed E-state index contributed by atoms with van der Waals surface area (Å²) in [6, 6.07) is 1.75. The molecule has 1 aromatic heterocycles. The highest BCUT2D eigenvalue weighted by atomic mass is 16.5. The molecule has 1 heterocycles. The predicted octanol–water partition coefficient (Wildman–Crippen LogP) is 1.48. The summed E-state index contributed by atoms with van der Waals surface area (Å²) in [7, 11) is 3.01. The number of rotatable bonds is 5. The van der Waals surface area contributed by atoms with Crippen LogP contribution < -0.4 is 4.74 Å². The van der Waals surface area contributed by atoms with Crippen LogP contribution in [-0.2, 0) is 11.2 Å². The predicted molar refractivity (Wildman–Crippen MR) is 56.4 cm³/mol. The van der Waals surface area contributed by atoms with E-state index >= 15 is 0 Å². The monoisotopic (exact) mass is 209 g/mol. The molecule has 4 heteroatoms. The summed E-state index contributed by atoms with van der Waals surface area (Å²) < 4.78 is 9.88. The van der Waals surface area contributed by atoms with E-state index in [1.807, 2.05) is 6.92 Å². The fourth-order valence-electron chi connectivity index (χ4n) is 1.27. The molecular weight excluding hydrogens is 194 g/mol. The quantitative estimate of drug-likeness (QED) is 0.689. The lowest BCUT2D eigenvalue weighted by Crippen LogP contribution is -2.10. The molecule has 82 valence electrons. The molecule has 1 aromatic rings. The molecule has 0 aliphatic carbocycles. The lowest BCUT2D eigenvalue weighted by molar-refractivity contribution is 0.0844. The van der Waals surface area contributed by atoms with Crippen LogP contribution >= 0.6 is 0 Å². The van der Waals surface area contributed by atoms with Crippen LogP contribution in [0.2, 0.25) is 0 Å². The second kappa shape index (κ2) is 5.46. The Hall–Kier alpha value is -1.42. The zero-order valence-corrected chi connectivity index (χ0v) is 9.24. The largest absolute Gasteiger partial charge is 0.494 e. The van der Waals surface area contributed by atoms with Crippen LogP contribution in [0.15, 0.2) is 12.3 Å². The van der Waals surface area contributed by atoms with Gasteiger partial charge in [0.25, 0.3) is 0 Å². The van der Waals surface area contributed by atoms with Gasteiger partial charge in [0.2, 0.25) is 0 Å². The summed E-state index contributed by atoms with van der Waals surface area (Å²) in [6.45, 7) is 2.04. The molecule has 0 atom stereocenters. The summed E-state index contributed by atoms with van der Waals surface area (Å²) in [5.41, 5.74) is 1.40. The van der Waals surface area contributed by atoms with Gasteiger partial charge in [-0.05, 0) is 12.5 Å². The highest BCUT2D eigenvalue weighted by Crippen LogP contribution is 2.18. The van der Waals surface area contributed by atoms with Gasteiger partial charge in [0.1, 0.15) is 12.4 Å². The third-order valence-corrected chi connectivity index (χ3v) is 2.08. The smallest absolute Gasteiger partial charge is 0.192 e. The van der Waals surface area contributed by atoms with E-state index in [-0.39, 0.29) is 12.4 Å². The van der Waals surface area contributed by atoms with E-state index in [4.69, 9.17) is 9.47 Å². The Kier molecular flexibility index (Phi) is 4.24. The molecular formula is C11H15NO3. The van der Waals surface area contributed by atoms with Crippen LogP contribution in [0.1, 0.15) is 23.0 Å². The minimum Gasteiger partial charge on any atom is -0.494 e. The first-order valence-electron chi connectivity index (χ1n) is 4.78. The average molecular weight is 209 g/mol. The number of aryl methyl sites for hydroxylation is 1. The zero-order chi connectivity index (χ0) is 11.3. The van der Waals surface area contributed by atoms with Crippen molar-refractivity contribution in [1.29, 1.82) is 0 Å². The van der Waals surface area contributed by atoms with Crippen molar-refractivity contribution in [3.63, 3.8) is 0 Å². The molecule has 0 bridgehead atoms. The summed E-state index contributed by atoms with van der Waals surface area (Å²) in [5.74, 6) is 0.403. The Balaban J connectivity index is 3.05. The topological polar surface area (TPSA) is 48.4 Å². The van der Waals surface area contributed by atoms with E-state index in [0.29, 0.717) is 11.3 Å². The molecule has 15 heavy (non-hydrogen) atoms. The number of ether oxygens (including phenoxy) is 2. The van der Waals surface area contributed by atoms with Gasteiger partial charge in [0.05, 0.1) is 18.9 Å². The molecule has 1 rings (SSSR count). The number of carbonyl (C=O) groups is 1. The molecule has 0 fully saturated rings. The molecule has 0 saturated heterocycles. The zero-order valence-electron chi connectivity index (χ0n) is 9.24. The first-order valence-corrected chi connectivity index (χ1v) is 4.78. The van der Waals surface area contributed by atoms with Crippen molar-refractivity contribution in [3.8, 4) is 5.75 Å². The van der Waals surface area contributed by atoms with Gasteiger partial charge in [-0.2, -0.15) is 0 Å². The molecule has 0 unspecified atom stereocenters. The number of hydrogen-bond acceptors (Lipinski definition) is 4. The normalized spacial score (nSPS) is 10.1. The Morgan fingerprint density at radius 2 is 2.20 bits per heavy atom. The number of methoxy groups -OCH3 is 2. The van der Waals surface area contributed by atoms with Gasteiger partial charge in [0, 0.05) is 12.8 Å². The van der Waals surface area contributed by atoms with Crippen LogP contribution in [0.4, 0.5) is 0 Å². The van der Waals surface area contributed by atoms with Gasteiger partial charge >= 0.3 is 0 Å². The highest BCUT2D eigenvalue weighted by molar-refractivity contribution is 5.99. The maximum Gasteiger partial charge on any atom is 0.192 e. The van der Waals surface area contributed by atoms with Gasteiger partial charge in [-0.3, -0.25) is 9.78 Å². The van der Waals surface area contributed by atoms with Gasteiger partial charge in [-0.25, -0.2) is 0 Å². The van der Waals surface area contributed by atoms with E-state index in [1.165, 1.54) is 14.2 Å². The molecule has 0 aliphatic heterocycles. The lowest BCUT2D eigenvalue weighted by Gasteiger charge is -2.07. The number of hydrogen-bond donors (Lipinski definition) is 0. The number of aromatic nitrogens is 1. The lowest BCUT2D eigenvalue weighted by atomic mass is 10.1. The van der Waals surface area contributed by atoms with Gasteiger partial charge in [0.15, 0.2) is 5.78 Å². The fourth-order valence-corrected chi connectivity index (χ4v) is 1.27. The maximum atomic E-state index is 11.7. The van der Waals surface area contributed by atoms with E-state index in [2.05, 4.69) is 4.98 Å². The molecule has 0 radical (unpaired) electrons. The van der Waals surface area contributed by atoms with Crippen molar-refractivity contribution in [2.24, 2.45) is 0 Å². The number of ketones is 1. The summed E-state index contributed by atoms with van der Waals surface area (Å²) in [6.07, 6.45) is 2.36. The summed E-state index contributed by atoms with van der Waals surface area (Å²) in [5, 5.41) is 0. The van der Waals surface area contributed by atoms with Crippen molar-refractivity contribution >= 4 is 5.78 Å². The van der Waals surface area contributed by atoms with Crippen LogP contribution in [0, 0.1) is 0 Å². The van der Waals surface area contributed by atoms with Crippen molar-refractivity contribution < 1.29 is 14.3 Å². The number of Topliss-reactive ketones (excluding diaryl/α,β-unsaturated/α-hetero) is 1. The Morgan fingerprint density at radius 3 is 2.73 bits per heavy atom. The van der Waals surface area contributed by atoms with Crippen LogP contribution in [-0.4, -0.2) is 31.6 Å². The van der Waals surface area contributed by atoms with E-state index in [1.54, 1.807) is 12.3 Å². The summed E-state index contributed by atoms with van der Waals surface area (Å²) >= 11 is 0. The van der Waals surface area contributed by atoms with Crippen molar-refractivity contribution in [1.82, 2.24) is 4.98 Å². The minimum atomic E-state index is -0.0912. The molecule has 0 saturated carbocycles. The minimum absolute atomic E-state index is 0.0591. The molecule has 0 aliphatic rings. The number of pyridine rings is 1. The first-order chi connectivity index (χ1) is 7.22. The molecule has 4 nitrogen and oxygen atoms in total. The van der Waals surface area contributed by atoms with Gasteiger partial charge in [-0.15, -0.1) is 0 Å². The van der Waals surface area contributed by atoms with Crippen LogP contribution in [0.25, 0.3) is 0 Å². The molecule has 0 spiro atoms. The van der Waals surface area contributed by atoms with Crippen molar-refractivity contribution in [3.05, 3.63) is 23.5 Å². The third kappa shape index (κ3) is 2.76. The first kappa shape index (κ1) is 11.7. The van der Waals surface area contributed by atoms with Crippen molar-refractivity contribution in [2.45, 2.75) is 13.3 Å². The van der Waals surface area contributed by atoms with E-state index in [9.17, 15) is 4.79 Å². The molecule has 0 amide bonds. The Morgan fingerprint density at radius 1 is 1.47 bits per heavy atom. The van der Waals surface area contributed by atoms with Crippen LogP contribution in [0.3, 0.4) is 0 Å². The van der Waals surface area contributed by atoms with Crippen molar-refractivity contribution in [2.75, 3.05) is 20.8 Å². The fraction of sp³-hybridized carbons (Fsp3) is 0.455. The summed E-state index contributed by atoms with van der Waals surface area (Å²) in [4.78, 5) is 15.8. The van der Waals surface area contributed by atoms with Crippen LogP contribution in [0.5, 0.6) is 5.75 Å². The Bertz CT molecular complexity index is 350. The standard InChI is InChI=1S/C11H15NO3/c1-4-8-5-9(10(13)7-14-2)11(15-3)6-12-8/h5-6H,4,7H2,1-3H3. The SMILES string of the molecule is CCc1cc(C(=O)COC)c(OC)cn1. The van der Waals surface area contributed by atoms with E-state index < -0.39 is 0 Å². The number of nitrogens with zero attached hydrogens (tertiary/aromatic N) is 1. The second-order valence-electron chi connectivity index (χ2n) is 3.09. The average Bonchev–Trinajstić information content (AvgIpc) is 2.28.